The fourth-order valence-electron chi connectivity index (χ4n) is 2.59. The molecule has 0 saturated carbocycles. The third-order valence-corrected chi connectivity index (χ3v) is 5.65. The SMILES string of the molecule is CCOC(=O)c1c(NC(=O)c2cc3cc(Br)ccc3oc2=O)sc(C)c1C. The quantitative estimate of drug-likeness (QED) is 0.462. The van der Waals surface area contributed by atoms with Gasteiger partial charge in [-0.15, -0.1) is 11.3 Å². The summed E-state index contributed by atoms with van der Waals surface area (Å²) in [5, 5.41) is 3.61. The number of hydrogen-bond acceptors (Lipinski definition) is 6. The van der Waals surface area contributed by atoms with Crippen LogP contribution in [0.4, 0.5) is 5.00 Å². The number of fused-ring (bicyclic) bond motifs is 1. The summed E-state index contributed by atoms with van der Waals surface area (Å²) in [4.78, 5) is 38.0. The van der Waals surface area contributed by atoms with E-state index in [0.29, 0.717) is 21.5 Å². The van der Waals surface area contributed by atoms with Gasteiger partial charge in [-0.1, -0.05) is 15.9 Å². The number of nitrogens with one attached hydrogen (secondary N) is 1. The molecule has 2 aromatic heterocycles. The van der Waals surface area contributed by atoms with Crippen LogP contribution >= 0.6 is 27.3 Å². The molecule has 0 radical (unpaired) electrons. The molecule has 0 bridgehead atoms. The molecule has 6 nitrogen and oxygen atoms in total. The molecule has 0 fully saturated rings. The van der Waals surface area contributed by atoms with Crippen molar-refractivity contribution in [2.24, 2.45) is 0 Å². The molecule has 0 spiro atoms. The Labute approximate surface area is 167 Å². The number of aryl methyl sites for hydroxylation is 1. The molecule has 3 rings (SSSR count). The van der Waals surface area contributed by atoms with Crippen LogP contribution in [0, 0.1) is 13.8 Å². The second-order valence-corrected chi connectivity index (χ2v) is 7.93. The fourth-order valence-corrected chi connectivity index (χ4v) is 4.01. The van der Waals surface area contributed by atoms with Gasteiger partial charge < -0.3 is 14.5 Å². The molecule has 0 aliphatic heterocycles. The van der Waals surface area contributed by atoms with Crippen molar-refractivity contribution in [3.8, 4) is 0 Å². The van der Waals surface area contributed by atoms with E-state index in [9.17, 15) is 14.4 Å². The zero-order chi connectivity index (χ0) is 19.7. The number of benzene rings is 1. The average molecular weight is 450 g/mol. The molecule has 0 aliphatic carbocycles. The lowest BCUT2D eigenvalue weighted by Crippen LogP contribution is -2.21. The summed E-state index contributed by atoms with van der Waals surface area (Å²) in [5.41, 5.74) is 0.544. The van der Waals surface area contributed by atoms with E-state index in [1.54, 1.807) is 32.0 Å². The molecular weight excluding hydrogens is 434 g/mol. The monoisotopic (exact) mass is 449 g/mol. The van der Waals surface area contributed by atoms with Gasteiger partial charge in [0, 0.05) is 14.7 Å². The van der Waals surface area contributed by atoms with E-state index in [4.69, 9.17) is 9.15 Å². The number of rotatable bonds is 4. The van der Waals surface area contributed by atoms with E-state index in [-0.39, 0.29) is 12.2 Å². The first-order chi connectivity index (χ1) is 12.8. The van der Waals surface area contributed by atoms with Crippen molar-refractivity contribution >= 4 is 55.1 Å². The number of hydrogen-bond donors (Lipinski definition) is 1. The van der Waals surface area contributed by atoms with Gasteiger partial charge in [0.1, 0.15) is 16.1 Å². The van der Waals surface area contributed by atoms with Crippen LogP contribution in [0.1, 0.15) is 38.1 Å². The number of esters is 1. The third kappa shape index (κ3) is 3.81. The topological polar surface area (TPSA) is 85.6 Å². The molecule has 140 valence electrons. The molecule has 27 heavy (non-hydrogen) atoms. The van der Waals surface area contributed by atoms with Crippen LogP contribution in [0.5, 0.6) is 0 Å². The minimum Gasteiger partial charge on any atom is -0.462 e. The Bertz CT molecular complexity index is 1120. The smallest absolute Gasteiger partial charge is 0.349 e. The lowest BCUT2D eigenvalue weighted by molar-refractivity contribution is 0.0527. The van der Waals surface area contributed by atoms with E-state index in [1.807, 2.05) is 6.92 Å². The fraction of sp³-hybridized carbons (Fsp3) is 0.211. The Morgan fingerprint density at radius 1 is 1.26 bits per heavy atom. The maximum absolute atomic E-state index is 12.7. The first-order valence-electron chi connectivity index (χ1n) is 8.13. The predicted molar refractivity (Wildman–Crippen MR) is 108 cm³/mol. The highest BCUT2D eigenvalue weighted by atomic mass is 79.9. The lowest BCUT2D eigenvalue weighted by Gasteiger charge is -2.07. The summed E-state index contributed by atoms with van der Waals surface area (Å²) in [6.07, 6.45) is 0. The van der Waals surface area contributed by atoms with Gasteiger partial charge in [-0.25, -0.2) is 9.59 Å². The van der Waals surface area contributed by atoms with Gasteiger partial charge in [0.05, 0.1) is 12.2 Å². The number of carbonyl (C=O) groups is 2. The van der Waals surface area contributed by atoms with E-state index in [0.717, 1.165) is 14.9 Å². The van der Waals surface area contributed by atoms with E-state index < -0.39 is 17.5 Å². The summed E-state index contributed by atoms with van der Waals surface area (Å²) in [6.45, 7) is 5.57. The number of carbonyl (C=O) groups excluding carboxylic acids is 2. The second kappa shape index (κ2) is 7.66. The van der Waals surface area contributed by atoms with Gasteiger partial charge in [-0.05, 0) is 50.6 Å². The van der Waals surface area contributed by atoms with E-state index in [2.05, 4.69) is 21.2 Å². The van der Waals surface area contributed by atoms with E-state index >= 15 is 0 Å². The summed E-state index contributed by atoms with van der Waals surface area (Å²) >= 11 is 4.60. The van der Waals surface area contributed by atoms with Crippen molar-refractivity contribution in [3.63, 3.8) is 0 Å². The standard InChI is InChI=1S/C19H16BrNO5S/c1-4-25-19(24)15-9(2)10(3)27-17(15)21-16(22)13-8-11-7-12(20)5-6-14(11)26-18(13)23/h5-8H,4H2,1-3H3,(H,21,22). The van der Waals surface area contributed by atoms with Gasteiger partial charge in [0.2, 0.25) is 0 Å². The first-order valence-corrected chi connectivity index (χ1v) is 9.74. The van der Waals surface area contributed by atoms with E-state index in [1.165, 1.54) is 17.4 Å². The highest BCUT2D eigenvalue weighted by molar-refractivity contribution is 9.10. The lowest BCUT2D eigenvalue weighted by atomic mass is 10.1. The van der Waals surface area contributed by atoms with Gasteiger partial charge in [0.25, 0.3) is 5.91 Å². The van der Waals surface area contributed by atoms with Crippen LogP contribution in [0.25, 0.3) is 11.0 Å². The Kier molecular flexibility index (Phi) is 5.48. The normalized spacial score (nSPS) is 10.8. The highest BCUT2D eigenvalue weighted by Crippen LogP contribution is 2.33. The number of anilines is 1. The summed E-state index contributed by atoms with van der Waals surface area (Å²) in [5.74, 6) is -1.15. The molecular formula is C19H16BrNO5S. The zero-order valence-electron chi connectivity index (χ0n) is 14.8. The Hall–Kier alpha value is -2.45. The minimum absolute atomic E-state index is 0.140. The van der Waals surface area contributed by atoms with Crippen molar-refractivity contribution < 1.29 is 18.7 Å². The van der Waals surface area contributed by atoms with Gasteiger partial charge in [-0.2, -0.15) is 0 Å². The van der Waals surface area contributed by atoms with Crippen LogP contribution in [0.3, 0.4) is 0 Å². The molecule has 8 heteroatoms. The molecule has 3 aromatic rings. The summed E-state index contributed by atoms with van der Waals surface area (Å²) in [6, 6.07) is 6.61. The summed E-state index contributed by atoms with van der Waals surface area (Å²) < 4.78 is 11.1. The van der Waals surface area contributed by atoms with Gasteiger partial charge in [-0.3, -0.25) is 4.79 Å². The van der Waals surface area contributed by atoms with Crippen molar-refractivity contribution in [2.75, 3.05) is 11.9 Å². The molecule has 1 aromatic carbocycles. The second-order valence-electron chi connectivity index (χ2n) is 5.79. The number of thiophene rings is 1. The predicted octanol–water partition coefficient (Wildman–Crippen LogP) is 4.66. The van der Waals surface area contributed by atoms with Crippen LogP contribution in [-0.2, 0) is 4.74 Å². The van der Waals surface area contributed by atoms with Crippen LogP contribution < -0.4 is 10.9 Å². The average Bonchev–Trinajstić information content (AvgIpc) is 2.88. The molecule has 0 unspecified atom stereocenters. The molecule has 0 saturated heterocycles. The molecule has 1 amide bonds. The third-order valence-electron chi connectivity index (χ3n) is 4.03. The highest BCUT2D eigenvalue weighted by Gasteiger charge is 2.23. The summed E-state index contributed by atoms with van der Waals surface area (Å²) in [7, 11) is 0. The molecule has 2 heterocycles. The molecule has 0 aliphatic rings. The Morgan fingerprint density at radius 3 is 2.70 bits per heavy atom. The minimum atomic E-state index is -0.745. The Balaban J connectivity index is 2.00. The van der Waals surface area contributed by atoms with Crippen molar-refractivity contribution in [3.05, 3.63) is 60.7 Å². The largest absolute Gasteiger partial charge is 0.462 e. The maximum atomic E-state index is 12.7. The Morgan fingerprint density at radius 2 is 2.00 bits per heavy atom. The van der Waals surface area contributed by atoms with Crippen LogP contribution in [0.2, 0.25) is 0 Å². The van der Waals surface area contributed by atoms with Crippen molar-refractivity contribution in [2.45, 2.75) is 20.8 Å². The van der Waals surface area contributed by atoms with Gasteiger partial charge in [0.15, 0.2) is 0 Å². The number of amides is 1. The molecule has 1 N–H and O–H groups in total. The van der Waals surface area contributed by atoms with Crippen LogP contribution in [-0.4, -0.2) is 18.5 Å². The van der Waals surface area contributed by atoms with Crippen molar-refractivity contribution in [1.82, 2.24) is 0 Å². The number of halogens is 1. The maximum Gasteiger partial charge on any atom is 0.349 e. The molecule has 0 atom stereocenters. The van der Waals surface area contributed by atoms with Crippen LogP contribution in [0.15, 0.2) is 37.9 Å². The zero-order valence-corrected chi connectivity index (χ0v) is 17.2. The first kappa shape index (κ1) is 19.3. The van der Waals surface area contributed by atoms with Crippen molar-refractivity contribution in [1.29, 1.82) is 0 Å². The number of ether oxygens (including phenoxy) is 1. The van der Waals surface area contributed by atoms with Gasteiger partial charge >= 0.3 is 11.6 Å².